The molecule has 0 unspecified atom stereocenters. The maximum Gasteiger partial charge on any atom is 0.317 e. The number of halogens is 2. The Morgan fingerprint density at radius 1 is 1.13 bits per heavy atom. The average Bonchev–Trinajstić information content (AvgIpc) is 2.73. The Morgan fingerprint density at radius 3 is 2.57 bits per heavy atom. The highest BCUT2D eigenvalue weighted by atomic mass is 35.5. The van der Waals surface area contributed by atoms with E-state index in [1.165, 1.54) is 0 Å². The summed E-state index contributed by atoms with van der Waals surface area (Å²) in [4.78, 5) is 21.9. The minimum absolute atomic E-state index is 0.0298. The number of hydrogen-bond acceptors (Lipinski definition) is 5. The summed E-state index contributed by atoms with van der Waals surface area (Å²) in [5.41, 5.74) is 3.58. The lowest BCUT2D eigenvalue weighted by atomic mass is 10.1. The molecule has 1 aliphatic rings. The number of fused-ring (bicyclic) bond motifs is 1. The first-order valence-electron chi connectivity index (χ1n) is 9.44. The molecule has 4 rings (SSSR count). The molecule has 0 spiro atoms. The van der Waals surface area contributed by atoms with E-state index < -0.39 is 5.97 Å². The van der Waals surface area contributed by atoms with E-state index in [4.69, 9.17) is 33.0 Å². The largest absolute Gasteiger partial charge is 0.489 e. The van der Waals surface area contributed by atoms with E-state index in [0.29, 0.717) is 41.1 Å². The fourth-order valence-corrected chi connectivity index (χ4v) is 3.87. The van der Waals surface area contributed by atoms with E-state index in [-0.39, 0.29) is 13.2 Å². The van der Waals surface area contributed by atoms with Crippen LogP contribution in [0, 0.1) is 0 Å². The Morgan fingerprint density at radius 2 is 1.87 bits per heavy atom. The summed E-state index contributed by atoms with van der Waals surface area (Å²) in [5.74, 6) is 0.508. The molecular weight excluding hydrogens is 425 g/mol. The number of aromatic nitrogens is 2. The van der Waals surface area contributed by atoms with Crippen LogP contribution in [0.2, 0.25) is 10.0 Å². The average molecular weight is 444 g/mol. The summed E-state index contributed by atoms with van der Waals surface area (Å²) < 4.78 is 5.82. The van der Waals surface area contributed by atoms with Gasteiger partial charge in [0.25, 0.3) is 0 Å². The van der Waals surface area contributed by atoms with Crippen LogP contribution in [0.5, 0.6) is 5.75 Å². The van der Waals surface area contributed by atoms with Crippen LogP contribution in [0.3, 0.4) is 0 Å². The number of aliphatic carboxylic acids is 1. The van der Waals surface area contributed by atoms with Gasteiger partial charge in [-0.1, -0.05) is 29.3 Å². The lowest BCUT2D eigenvalue weighted by Gasteiger charge is -2.26. The van der Waals surface area contributed by atoms with Crippen molar-refractivity contribution in [2.45, 2.75) is 19.6 Å². The molecule has 0 amide bonds. The normalized spacial score (nSPS) is 13.7. The molecule has 2 aromatic carbocycles. The molecular formula is C22H19Cl2N3O3. The van der Waals surface area contributed by atoms with E-state index in [1.54, 1.807) is 24.4 Å². The number of hydrogen-bond donors (Lipinski definition) is 1. The second-order valence-corrected chi connectivity index (χ2v) is 7.85. The highest BCUT2D eigenvalue weighted by Gasteiger charge is 2.20. The van der Waals surface area contributed by atoms with Crippen molar-refractivity contribution in [1.82, 2.24) is 14.9 Å². The van der Waals surface area contributed by atoms with Crippen LogP contribution in [0.15, 0.2) is 48.7 Å². The SMILES string of the molecule is O=C(O)CN1CCc2nc(-c3ccc(OCc4c(Cl)cccc4Cl)cc3)ncc2C1. The fourth-order valence-electron chi connectivity index (χ4n) is 3.37. The van der Waals surface area contributed by atoms with Crippen molar-refractivity contribution in [3.63, 3.8) is 0 Å². The molecule has 1 aliphatic heterocycles. The second-order valence-electron chi connectivity index (χ2n) is 7.03. The first kappa shape index (κ1) is 20.6. The van der Waals surface area contributed by atoms with Gasteiger partial charge in [-0.2, -0.15) is 0 Å². The molecule has 8 heteroatoms. The molecule has 0 aliphatic carbocycles. The predicted molar refractivity (Wildman–Crippen MR) is 115 cm³/mol. The third kappa shape index (κ3) is 4.73. The minimum Gasteiger partial charge on any atom is -0.489 e. The van der Waals surface area contributed by atoms with Crippen molar-refractivity contribution in [2.24, 2.45) is 0 Å². The van der Waals surface area contributed by atoms with Crippen LogP contribution in [0.4, 0.5) is 0 Å². The first-order valence-corrected chi connectivity index (χ1v) is 10.2. The standard InChI is InChI=1S/C22H19Cl2N3O3/c23-18-2-1-3-19(24)17(18)13-30-16-6-4-14(5-7-16)22-25-10-15-11-27(12-21(28)29)9-8-20(15)26-22/h1-7,10H,8-9,11-13H2,(H,28,29). The topological polar surface area (TPSA) is 75.5 Å². The molecule has 0 saturated heterocycles. The van der Waals surface area contributed by atoms with Crippen molar-refractivity contribution in [1.29, 1.82) is 0 Å². The molecule has 0 atom stereocenters. The Hall–Kier alpha value is -2.67. The summed E-state index contributed by atoms with van der Waals surface area (Å²) >= 11 is 12.4. The molecule has 0 radical (unpaired) electrons. The van der Waals surface area contributed by atoms with Crippen LogP contribution in [-0.2, 0) is 24.4 Å². The summed E-state index contributed by atoms with van der Waals surface area (Å²) in [5, 5.41) is 10.1. The van der Waals surface area contributed by atoms with Gasteiger partial charge in [0.15, 0.2) is 5.82 Å². The second kappa shape index (κ2) is 9.00. The zero-order valence-corrected chi connectivity index (χ0v) is 17.5. The maximum absolute atomic E-state index is 10.9. The van der Waals surface area contributed by atoms with Gasteiger partial charge >= 0.3 is 5.97 Å². The Kier molecular flexibility index (Phi) is 6.18. The molecule has 0 saturated carbocycles. The smallest absolute Gasteiger partial charge is 0.317 e. The number of carboxylic acid groups (broad SMARTS) is 1. The van der Waals surface area contributed by atoms with Gasteiger partial charge < -0.3 is 9.84 Å². The Bertz CT molecular complexity index is 1050. The summed E-state index contributed by atoms with van der Waals surface area (Å²) in [6.45, 7) is 1.54. The lowest BCUT2D eigenvalue weighted by molar-refractivity contribution is -0.138. The summed E-state index contributed by atoms with van der Waals surface area (Å²) in [7, 11) is 0. The fraction of sp³-hybridized carbons (Fsp3) is 0.227. The van der Waals surface area contributed by atoms with Crippen LogP contribution < -0.4 is 4.74 Å². The van der Waals surface area contributed by atoms with Crippen molar-refractivity contribution in [3.05, 3.63) is 75.5 Å². The molecule has 3 aromatic rings. The highest BCUT2D eigenvalue weighted by molar-refractivity contribution is 6.35. The van der Waals surface area contributed by atoms with Gasteiger partial charge in [-0.25, -0.2) is 9.97 Å². The van der Waals surface area contributed by atoms with E-state index >= 15 is 0 Å². The number of benzene rings is 2. The Labute approximate surface area is 184 Å². The first-order chi connectivity index (χ1) is 14.5. The number of carbonyl (C=O) groups is 1. The van der Waals surface area contributed by atoms with Crippen molar-refractivity contribution in [3.8, 4) is 17.1 Å². The van der Waals surface area contributed by atoms with Gasteiger partial charge in [0.2, 0.25) is 0 Å². The molecule has 30 heavy (non-hydrogen) atoms. The minimum atomic E-state index is -0.824. The van der Waals surface area contributed by atoms with Crippen LogP contribution in [0.1, 0.15) is 16.8 Å². The van der Waals surface area contributed by atoms with Gasteiger partial charge in [-0.05, 0) is 36.4 Å². The van der Waals surface area contributed by atoms with Crippen molar-refractivity contribution >= 4 is 29.2 Å². The summed E-state index contributed by atoms with van der Waals surface area (Å²) in [6, 6.07) is 12.9. The van der Waals surface area contributed by atoms with Crippen molar-refractivity contribution in [2.75, 3.05) is 13.1 Å². The number of carboxylic acids is 1. The number of nitrogens with zero attached hydrogens (tertiary/aromatic N) is 3. The third-order valence-corrected chi connectivity index (χ3v) is 5.64. The molecule has 2 heterocycles. The molecule has 0 fully saturated rings. The van der Waals surface area contributed by atoms with Crippen LogP contribution in [-0.4, -0.2) is 39.0 Å². The highest BCUT2D eigenvalue weighted by Crippen LogP contribution is 2.27. The van der Waals surface area contributed by atoms with E-state index in [1.807, 2.05) is 29.2 Å². The van der Waals surface area contributed by atoms with Crippen molar-refractivity contribution < 1.29 is 14.6 Å². The van der Waals surface area contributed by atoms with E-state index in [2.05, 4.69) is 9.97 Å². The monoisotopic (exact) mass is 443 g/mol. The zero-order chi connectivity index (χ0) is 21.1. The maximum atomic E-state index is 10.9. The molecule has 0 bridgehead atoms. The lowest BCUT2D eigenvalue weighted by Crippen LogP contribution is -2.35. The van der Waals surface area contributed by atoms with E-state index in [0.717, 1.165) is 22.4 Å². The van der Waals surface area contributed by atoms with Gasteiger partial charge in [0.05, 0.1) is 12.2 Å². The third-order valence-electron chi connectivity index (χ3n) is 4.93. The van der Waals surface area contributed by atoms with Gasteiger partial charge in [-0.3, -0.25) is 9.69 Å². The quantitative estimate of drug-likeness (QED) is 0.605. The number of ether oxygens (including phenoxy) is 1. The molecule has 1 aromatic heterocycles. The van der Waals surface area contributed by atoms with Crippen LogP contribution >= 0.6 is 23.2 Å². The number of rotatable bonds is 6. The van der Waals surface area contributed by atoms with Gasteiger partial charge in [-0.15, -0.1) is 0 Å². The van der Waals surface area contributed by atoms with E-state index in [9.17, 15) is 4.79 Å². The predicted octanol–water partition coefficient (Wildman–Crippen LogP) is 4.47. The molecule has 6 nitrogen and oxygen atoms in total. The molecule has 1 N–H and O–H groups in total. The zero-order valence-electron chi connectivity index (χ0n) is 16.0. The Balaban J connectivity index is 1.44. The van der Waals surface area contributed by atoms with Gasteiger partial charge in [0, 0.05) is 52.4 Å². The van der Waals surface area contributed by atoms with Gasteiger partial charge in [0.1, 0.15) is 12.4 Å². The summed E-state index contributed by atoms with van der Waals surface area (Å²) in [6.07, 6.45) is 2.49. The van der Waals surface area contributed by atoms with Crippen LogP contribution in [0.25, 0.3) is 11.4 Å². The molecule has 154 valence electrons.